The standard InChI is InChI=1S/C19H16ClF3N6O2/c20-15-9-27-17(28-11-19(22,23)14-5-1-2-6-25-14)18(31)29(15)10-16(30)26-8-13-12(21)4-3-7-24-13/h1-7,9H,8,10-11H2,(H,26,30)(H,27,28)/i9+1,15+0. The summed E-state index contributed by atoms with van der Waals surface area (Å²) in [5, 5.41) is 4.51. The van der Waals surface area contributed by atoms with Gasteiger partial charge in [0.25, 0.3) is 5.56 Å². The third-order valence-corrected chi connectivity index (χ3v) is 4.41. The zero-order valence-corrected chi connectivity index (χ0v) is 16.6. The van der Waals surface area contributed by atoms with Crippen molar-refractivity contribution >= 4 is 23.3 Å². The number of alkyl halides is 2. The van der Waals surface area contributed by atoms with Crippen LogP contribution in [0.2, 0.25) is 5.15 Å². The van der Waals surface area contributed by atoms with E-state index in [-0.39, 0.29) is 17.4 Å². The summed E-state index contributed by atoms with van der Waals surface area (Å²) in [6, 6.07) is 6.67. The fraction of sp³-hybridized carbons (Fsp3) is 0.211. The molecule has 2 N–H and O–H groups in total. The summed E-state index contributed by atoms with van der Waals surface area (Å²) < 4.78 is 43.0. The molecule has 8 nitrogen and oxygen atoms in total. The third-order valence-electron chi connectivity index (χ3n) is 4.11. The van der Waals surface area contributed by atoms with Crippen LogP contribution in [0, 0.1) is 5.82 Å². The van der Waals surface area contributed by atoms with Gasteiger partial charge < -0.3 is 10.6 Å². The molecule has 0 unspecified atom stereocenters. The molecule has 3 aromatic rings. The Labute approximate surface area is 179 Å². The molecule has 162 valence electrons. The number of pyridine rings is 2. The summed E-state index contributed by atoms with van der Waals surface area (Å²) in [5.41, 5.74) is -1.33. The molecule has 3 rings (SSSR count). The Balaban J connectivity index is 1.68. The molecule has 0 aliphatic heterocycles. The van der Waals surface area contributed by atoms with E-state index in [9.17, 15) is 22.8 Å². The maximum absolute atomic E-state index is 14.3. The van der Waals surface area contributed by atoms with Gasteiger partial charge in [-0.05, 0) is 24.3 Å². The molecule has 3 aromatic heterocycles. The van der Waals surface area contributed by atoms with Gasteiger partial charge in [0.1, 0.15) is 23.2 Å². The summed E-state index contributed by atoms with van der Waals surface area (Å²) in [4.78, 5) is 35.8. The van der Waals surface area contributed by atoms with Crippen molar-refractivity contribution in [2.75, 3.05) is 11.9 Å². The van der Waals surface area contributed by atoms with Crippen molar-refractivity contribution in [1.82, 2.24) is 24.8 Å². The van der Waals surface area contributed by atoms with Crippen molar-refractivity contribution in [3.05, 3.63) is 81.6 Å². The zero-order valence-electron chi connectivity index (χ0n) is 15.9. The highest BCUT2D eigenvalue weighted by molar-refractivity contribution is 6.29. The smallest absolute Gasteiger partial charge is 0.306 e. The second-order valence-electron chi connectivity index (χ2n) is 6.30. The van der Waals surface area contributed by atoms with Gasteiger partial charge in [-0.25, -0.2) is 9.37 Å². The molecule has 3 heterocycles. The SMILES string of the molecule is O=C(Cn1c(=O)c(NCC(F)(F)c2ccccn2)n[13cH][12c]1Cl)NCc1ncccc1F. The van der Waals surface area contributed by atoms with E-state index in [4.69, 9.17) is 11.6 Å². The molecule has 0 aromatic carbocycles. The summed E-state index contributed by atoms with van der Waals surface area (Å²) in [5.74, 6) is -5.04. The van der Waals surface area contributed by atoms with Crippen LogP contribution >= 0.6 is 11.6 Å². The molecular formula is C19H16ClF3N6O2. The van der Waals surface area contributed by atoms with E-state index in [1.807, 2.05) is 0 Å². The summed E-state index contributed by atoms with van der Waals surface area (Å²) in [6.45, 7) is -1.68. The number of amides is 1. The van der Waals surface area contributed by atoms with E-state index in [1.54, 1.807) is 0 Å². The predicted molar refractivity (Wildman–Crippen MR) is 106 cm³/mol. The number of carbonyl (C=O) groups is 1. The Morgan fingerprint density at radius 2 is 1.90 bits per heavy atom. The summed E-state index contributed by atoms with van der Waals surface area (Å²) in [6.07, 6.45) is 3.65. The molecular weight excluding hydrogens is 438 g/mol. The second kappa shape index (κ2) is 9.56. The average Bonchev–Trinajstić information content (AvgIpc) is 2.76. The number of nitrogens with zero attached hydrogens (tertiary/aromatic N) is 4. The lowest BCUT2D eigenvalue weighted by molar-refractivity contribution is -0.121. The van der Waals surface area contributed by atoms with Crippen LogP contribution < -0.4 is 16.2 Å². The van der Waals surface area contributed by atoms with Crippen molar-refractivity contribution in [3.63, 3.8) is 0 Å². The van der Waals surface area contributed by atoms with Gasteiger partial charge in [-0.15, -0.1) is 0 Å². The molecule has 0 bridgehead atoms. The lowest BCUT2D eigenvalue weighted by atomic mass is 10.2. The maximum Gasteiger partial charge on any atom is 0.306 e. The molecule has 0 aliphatic rings. The lowest BCUT2D eigenvalue weighted by Crippen LogP contribution is -2.35. The minimum atomic E-state index is -3.37. The number of hydrogen-bond donors (Lipinski definition) is 2. The van der Waals surface area contributed by atoms with Crippen LogP contribution in [0.3, 0.4) is 0 Å². The van der Waals surface area contributed by atoms with Crippen LogP contribution in [0.25, 0.3) is 0 Å². The van der Waals surface area contributed by atoms with Gasteiger partial charge in [0.05, 0.1) is 25.0 Å². The van der Waals surface area contributed by atoms with Crippen LogP contribution in [0.4, 0.5) is 19.0 Å². The van der Waals surface area contributed by atoms with Gasteiger partial charge in [0, 0.05) is 12.4 Å². The van der Waals surface area contributed by atoms with Crippen LogP contribution in [0.5, 0.6) is 0 Å². The number of aromatic nitrogens is 4. The third kappa shape index (κ3) is 5.57. The van der Waals surface area contributed by atoms with E-state index in [0.717, 1.165) is 16.8 Å². The Morgan fingerprint density at radius 3 is 2.61 bits per heavy atom. The number of rotatable bonds is 8. The number of halogens is 4. The van der Waals surface area contributed by atoms with Crippen LogP contribution in [0.1, 0.15) is 11.4 Å². The van der Waals surface area contributed by atoms with Gasteiger partial charge in [-0.3, -0.25) is 24.1 Å². The molecule has 0 spiro atoms. The highest BCUT2D eigenvalue weighted by Gasteiger charge is 2.33. The number of anilines is 1. The van der Waals surface area contributed by atoms with Crippen LogP contribution in [0.15, 0.2) is 53.7 Å². The molecule has 0 atom stereocenters. The molecule has 0 radical (unpaired) electrons. The van der Waals surface area contributed by atoms with Crippen molar-refractivity contribution < 1.29 is 18.0 Å². The van der Waals surface area contributed by atoms with E-state index >= 15 is 0 Å². The van der Waals surface area contributed by atoms with E-state index in [2.05, 4.69) is 25.6 Å². The molecule has 0 saturated carbocycles. The van der Waals surface area contributed by atoms with Crippen molar-refractivity contribution in [2.45, 2.75) is 19.0 Å². The summed E-state index contributed by atoms with van der Waals surface area (Å²) in [7, 11) is 0. The quantitative estimate of drug-likeness (QED) is 0.543. The molecule has 1 amide bonds. The normalized spacial score (nSPS) is 11.2. The highest BCUT2D eigenvalue weighted by atomic mass is 35.5. The zero-order chi connectivity index (χ0) is 22.4. The van der Waals surface area contributed by atoms with Crippen LogP contribution in [-0.2, 0) is 23.8 Å². The first-order chi connectivity index (χ1) is 14.8. The Morgan fingerprint density at radius 1 is 1.13 bits per heavy atom. The molecule has 0 saturated heterocycles. The monoisotopic (exact) mass is 453 g/mol. The predicted octanol–water partition coefficient (Wildman–Crippen LogP) is 2.35. The summed E-state index contributed by atoms with van der Waals surface area (Å²) >= 11 is 5.94. The number of carbonyl (C=O) groups excluding carboxylic acids is 1. The topological polar surface area (TPSA) is 102 Å². The maximum atomic E-state index is 14.3. The fourth-order valence-corrected chi connectivity index (χ4v) is 2.72. The first-order valence-electron chi connectivity index (χ1n) is 8.92. The van der Waals surface area contributed by atoms with Gasteiger partial charge >= 0.3 is 5.92 Å². The number of nitrogens with one attached hydrogen (secondary N) is 2. The fourth-order valence-electron chi connectivity index (χ4n) is 2.53. The highest BCUT2D eigenvalue weighted by Crippen LogP contribution is 2.25. The van der Waals surface area contributed by atoms with Crippen molar-refractivity contribution in [3.8, 4) is 0 Å². The molecule has 31 heavy (non-hydrogen) atoms. The van der Waals surface area contributed by atoms with Crippen molar-refractivity contribution in [2.24, 2.45) is 0 Å². The lowest BCUT2D eigenvalue weighted by Gasteiger charge is -2.17. The first-order valence-corrected chi connectivity index (χ1v) is 9.30. The van der Waals surface area contributed by atoms with E-state index < -0.39 is 47.8 Å². The van der Waals surface area contributed by atoms with E-state index in [0.29, 0.717) is 0 Å². The Bertz CT molecular complexity index is 1130. The minimum absolute atomic E-state index is 0.0168. The molecule has 0 aliphatic carbocycles. The Kier molecular flexibility index (Phi) is 6.85. The van der Waals surface area contributed by atoms with Gasteiger partial charge in [-0.1, -0.05) is 17.7 Å². The minimum Gasteiger partial charge on any atom is -0.359 e. The average molecular weight is 454 g/mol. The number of hydrogen-bond acceptors (Lipinski definition) is 6. The van der Waals surface area contributed by atoms with Crippen LogP contribution in [-0.4, -0.2) is 32.0 Å². The molecule has 0 fully saturated rings. The van der Waals surface area contributed by atoms with Gasteiger partial charge in [-0.2, -0.15) is 8.78 Å². The largest absolute Gasteiger partial charge is 0.359 e. The molecule has 12 heteroatoms. The Hall–Kier alpha value is -3.47. The van der Waals surface area contributed by atoms with Gasteiger partial charge in [0.2, 0.25) is 5.91 Å². The van der Waals surface area contributed by atoms with E-state index in [1.165, 1.54) is 36.7 Å². The first kappa shape index (κ1) is 22.2. The van der Waals surface area contributed by atoms with Crippen molar-refractivity contribution in [1.29, 1.82) is 0 Å². The van der Waals surface area contributed by atoms with Gasteiger partial charge in [0.15, 0.2) is 5.82 Å². The second-order valence-corrected chi connectivity index (χ2v) is 6.69.